The first-order chi connectivity index (χ1) is 7.63. The number of nitriles is 2. The number of esters is 1. The molecule has 1 saturated heterocycles. The van der Waals surface area contributed by atoms with Crippen molar-refractivity contribution < 1.29 is 9.53 Å². The van der Waals surface area contributed by atoms with Crippen LogP contribution in [0.5, 0.6) is 0 Å². The van der Waals surface area contributed by atoms with E-state index in [4.69, 9.17) is 10.5 Å². The molecule has 0 saturated carbocycles. The fourth-order valence-electron chi connectivity index (χ4n) is 1.40. The van der Waals surface area contributed by atoms with Gasteiger partial charge < -0.3 is 9.64 Å². The second kappa shape index (κ2) is 5.43. The highest BCUT2D eigenvalue weighted by atomic mass is 32.2. The molecule has 1 rings (SSSR count). The fraction of sp³-hybridized carbons (Fsp3) is 0.500. The van der Waals surface area contributed by atoms with E-state index in [9.17, 15) is 4.79 Å². The summed E-state index contributed by atoms with van der Waals surface area (Å²) < 4.78 is 4.59. The molecular formula is C10H11N3O2S. The largest absolute Gasteiger partial charge is 0.469 e. The Morgan fingerprint density at radius 3 is 2.75 bits per heavy atom. The summed E-state index contributed by atoms with van der Waals surface area (Å²) in [7, 11) is 3.12. The molecule has 0 spiro atoms. The number of hydrogen-bond donors (Lipinski definition) is 0. The van der Waals surface area contributed by atoms with E-state index in [0.717, 1.165) is 0 Å². The average molecular weight is 237 g/mol. The molecular weight excluding hydrogens is 226 g/mol. The van der Waals surface area contributed by atoms with Crippen LogP contribution < -0.4 is 0 Å². The Labute approximate surface area is 98.3 Å². The third kappa shape index (κ3) is 2.47. The van der Waals surface area contributed by atoms with Crippen molar-refractivity contribution in [3.05, 3.63) is 10.6 Å². The minimum atomic E-state index is -0.283. The molecule has 0 aromatic heterocycles. The Morgan fingerprint density at radius 2 is 2.25 bits per heavy atom. The summed E-state index contributed by atoms with van der Waals surface area (Å²) in [4.78, 5) is 12.9. The van der Waals surface area contributed by atoms with Crippen molar-refractivity contribution >= 4 is 17.7 Å². The fourth-order valence-corrected chi connectivity index (χ4v) is 2.68. The first-order valence-corrected chi connectivity index (χ1v) is 5.59. The van der Waals surface area contributed by atoms with E-state index in [1.54, 1.807) is 11.9 Å². The van der Waals surface area contributed by atoms with Crippen molar-refractivity contribution in [2.24, 2.45) is 0 Å². The van der Waals surface area contributed by atoms with Gasteiger partial charge in [-0.25, -0.2) is 0 Å². The highest BCUT2D eigenvalue weighted by molar-refractivity contribution is 8.03. The highest BCUT2D eigenvalue weighted by Crippen LogP contribution is 2.34. The molecule has 5 nitrogen and oxygen atoms in total. The quantitative estimate of drug-likeness (QED) is 0.523. The summed E-state index contributed by atoms with van der Waals surface area (Å²) in [5, 5.41) is 18.2. The molecule has 16 heavy (non-hydrogen) atoms. The van der Waals surface area contributed by atoms with Crippen LogP contribution in [0.15, 0.2) is 10.6 Å². The molecule has 0 aromatic rings. The van der Waals surface area contributed by atoms with Gasteiger partial charge in [0.2, 0.25) is 0 Å². The van der Waals surface area contributed by atoms with E-state index in [1.807, 2.05) is 12.1 Å². The molecule has 1 unspecified atom stereocenters. The second-order valence-electron chi connectivity index (χ2n) is 3.26. The van der Waals surface area contributed by atoms with Gasteiger partial charge in [-0.2, -0.15) is 10.5 Å². The predicted molar refractivity (Wildman–Crippen MR) is 58.9 cm³/mol. The molecule has 1 aliphatic rings. The second-order valence-corrected chi connectivity index (χ2v) is 4.27. The van der Waals surface area contributed by atoms with E-state index in [-0.39, 0.29) is 24.0 Å². The lowest BCUT2D eigenvalue weighted by atomic mass is 10.2. The van der Waals surface area contributed by atoms with Gasteiger partial charge in [-0.05, 0) is 0 Å². The van der Waals surface area contributed by atoms with Gasteiger partial charge >= 0.3 is 5.97 Å². The molecule has 1 heterocycles. The Bertz CT molecular complexity index is 389. The molecule has 6 heteroatoms. The predicted octanol–water partition coefficient (Wildman–Crippen LogP) is 0.855. The van der Waals surface area contributed by atoms with Crippen LogP contribution in [-0.4, -0.2) is 36.8 Å². The van der Waals surface area contributed by atoms with Gasteiger partial charge in [0.05, 0.1) is 18.6 Å². The molecule has 0 radical (unpaired) electrons. The normalized spacial score (nSPS) is 18.9. The molecule has 0 bridgehead atoms. The zero-order chi connectivity index (χ0) is 12.1. The van der Waals surface area contributed by atoms with Crippen LogP contribution in [-0.2, 0) is 9.53 Å². The number of carbonyl (C=O) groups is 1. The number of ether oxygens (including phenoxy) is 1. The maximum atomic E-state index is 11.1. The Hall–Kier alpha value is -1.66. The van der Waals surface area contributed by atoms with E-state index >= 15 is 0 Å². The maximum absolute atomic E-state index is 11.1. The van der Waals surface area contributed by atoms with Gasteiger partial charge in [-0.3, -0.25) is 4.79 Å². The van der Waals surface area contributed by atoms with Gasteiger partial charge in [0.15, 0.2) is 5.57 Å². The molecule has 1 atom stereocenters. The molecule has 0 amide bonds. The number of hydrogen-bond acceptors (Lipinski definition) is 6. The van der Waals surface area contributed by atoms with Crippen molar-refractivity contribution in [3.63, 3.8) is 0 Å². The molecule has 1 fully saturated rings. The van der Waals surface area contributed by atoms with Crippen LogP contribution in [0.4, 0.5) is 0 Å². The van der Waals surface area contributed by atoms with Crippen LogP contribution in [0.3, 0.4) is 0 Å². The minimum absolute atomic E-state index is 0.0100. The van der Waals surface area contributed by atoms with Crippen molar-refractivity contribution in [2.45, 2.75) is 12.5 Å². The standard InChI is InChI=1S/C10H11N3O2S/c1-13-8(3-9(14)15-2)6-16-10(13)7(4-11)5-12/h8H,3,6H2,1-2H3. The van der Waals surface area contributed by atoms with Gasteiger partial charge in [0.25, 0.3) is 0 Å². The van der Waals surface area contributed by atoms with E-state index < -0.39 is 0 Å². The summed E-state index contributed by atoms with van der Waals surface area (Å²) in [5.74, 6) is 0.405. The van der Waals surface area contributed by atoms with E-state index in [2.05, 4.69) is 4.74 Å². The maximum Gasteiger partial charge on any atom is 0.307 e. The van der Waals surface area contributed by atoms with Crippen molar-refractivity contribution in [1.29, 1.82) is 10.5 Å². The third-order valence-corrected chi connectivity index (χ3v) is 3.66. The van der Waals surface area contributed by atoms with E-state index in [1.165, 1.54) is 18.9 Å². The Balaban J connectivity index is 2.80. The molecule has 0 N–H and O–H groups in total. The topological polar surface area (TPSA) is 77.1 Å². The first kappa shape index (κ1) is 12.4. The Kier molecular flexibility index (Phi) is 4.21. The highest BCUT2D eigenvalue weighted by Gasteiger charge is 2.30. The average Bonchev–Trinajstić information content (AvgIpc) is 2.63. The summed E-state index contributed by atoms with van der Waals surface area (Å²) in [6.45, 7) is 0. The number of allylic oxidation sites excluding steroid dienone is 1. The zero-order valence-corrected chi connectivity index (χ0v) is 9.87. The van der Waals surface area contributed by atoms with Gasteiger partial charge in [-0.1, -0.05) is 0 Å². The molecule has 0 aromatic carbocycles. The third-order valence-electron chi connectivity index (χ3n) is 2.35. The number of nitrogens with zero attached hydrogens (tertiary/aromatic N) is 3. The summed E-state index contributed by atoms with van der Waals surface area (Å²) in [6.07, 6.45) is 0.271. The number of rotatable bonds is 2. The summed E-state index contributed by atoms with van der Waals surface area (Å²) in [6, 6.07) is 3.69. The van der Waals surface area contributed by atoms with Crippen LogP contribution in [0.1, 0.15) is 6.42 Å². The number of methoxy groups -OCH3 is 1. The minimum Gasteiger partial charge on any atom is -0.469 e. The Morgan fingerprint density at radius 1 is 1.62 bits per heavy atom. The van der Waals surface area contributed by atoms with Crippen LogP contribution in [0.25, 0.3) is 0 Å². The summed E-state index contributed by atoms with van der Waals surface area (Å²) in [5.41, 5.74) is 0.0971. The smallest absolute Gasteiger partial charge is 0.307 e. The van der Waals surface area contributed by atoms with Crippen molar-refractivity contribution in [3.8, 4) is 12.1 Å². The van der Waals surface area contributed by atoms with Gasteiger partial charge in [0, 0.05) is 18.8 Å². The van der Waals surface area contributed by atoms with Crippen molar-refractivity contribution in [1.82, 2.24) is 4.90 Å². The van der Waals surface area contributed by atoms with Crippen LogP contribution >= 0.6 is 11.8 Å². The van der Waals surface area contributed by atoms with Crippen LogP contribution in [0, 0.1) is 22.7 Å². The summed E-state index contributed by atoms with van der Waals surface area (Å²) >= 11 is 1.42. The molecule has 84 valence electrons. The van der Waals surface area contributed by atoms with E-state index in [0.29, 0.717) is 10.8 Å². The SMILES string of the molecule is COC(=O)CC1CSC(=C(C#N)C#N)N1C. The first-order valence-electron chi connectivity index (χ1n) is 4.61. The zero-order valence-electron chi connectivity index (χ0n) is 9.06. The number of thioether (sulfide) groups is 1. The lowest BCUT2D eigenvalue weighted by Gasteiger charge is -2.20. The lowest BCUT2D eigenvalue weighted by molar-refractivity contribution is -0.141. The lowest BCUT2D eigenvalue weighted by Crippen LogP contribution is -2.29. The van der Waals surface area contributed by atoms with Crippen molar-refractivity contribution in [2.75, 3.05) is 19.9 Å². The van der Waals surface area contributed by atoms with Gasteiger partial charge in [0.1, 0.15) is 12.1 Å². The monoisotopic (exact) mass is 237 g/mol. The molecule has 0 aliphatic carbocycles. The number of carbonyl (C=O) groups excluding carboxylic acids is 1. The van der Waals surface area contributed by atoms with Crippen LogP contribution in [0.2, 0.25) is 0 Å². The van der Waals surface area contributed by atoms with Gasteiger partial charge in [-0.15, -0.1) is 11.8 Å². The molecule has 1 aliphatic heterocycles.